The number of carbonyl (C=O) groups is 2. The third-order valence-corrected chi connectivity index (χ3v) is 4.67. The van der Waals surface area contributed by atoms with Gasteiger partial charge in [0.1, 0.15) is 6.54 Å². The van der Waals surface area contributed by atoms with Crippen LogP contribution >= 0.6 is 12.4 Å². The first kappa shape index (κ1) is 22.0. The molecule has 1 heterocycles. The zero-order chi connectivity index (χ0) is 17.6. The Morgan fingerprint density at radius 2 is 1.76 bits per heavy atom. The molecule has 1 saturated carbocycles. The van der Waals surface area contributed by atoms with Gasteiger partial charge in [0.2, 0.25) is 11.8 Å². The number of halogens is 4. The van der Waals surface area contributed by atoms with Crippen LogP contribution < -0.4 is 10.6 Å². The van der Waals surface area contributed by atoms with Crippen molar-refractivity contribution in [1.82, 2.24) is 15.5 Å². The monoisotopic (exact) mass is 385 g/mol. The summed E-state index contributed by atoms with van der Waals surface area (Å²) in [6.45, 7) is -0.359. The summed E-state index contributed by atoms with van der Waals surface area (Å²) in [7, 11) is 0. The van der Waals surface area contributed by atoms with Gasteiger partial charge in [-0.25, -0.2) is 0 Å². The molecule has 0 bridgehead atoms. The molecule has 2 N–H and O–H groups in total. The van der Waals surface area contributed by atoms with Crippen molar-refractivity contribution in [2.24, 2.45) is 5.92 Å². The second kappa shape index (κ2) is 10.2. The summed E-state index contributed by atoms with van der Waals surface area (Å²) in [5.74, 6) is -1.63. The van der Waals surface area contributed by atoms with Crippen molar-refractivity contribution in [3.8, 4) is 0 Å². The first-order valence-electron chi connectivity index (χ1n) is 8.71. The first-order valence-corrected chi connectivity index (χ1v) is 8.71. The van der Waals surface area contributed by atoms with Gasteiger partial charge in [-0.1, -0.05) is 25.7 Å². The van der Waals surface area contributed by atoms with Crippen molar-refractivity contribution in [2.75, 3.05) is 26.2 Å². The molecule has 0 spiro atoms. The summed E-state index contributed by atoms with van der Waals surface area (Å²) in [5.41, 5.74) is 0. The summed E-state index contributed by atoms with van der Waals surface area (Å²) >= 11 is 0. The van der Waals surface area contributed by atoms with Gasteiger partial charge in [-0.2, -0.15) is 13.2 Å². The van der Waals surface area contributed by atoms with E-state index in [0.29, 0.717) is 24.0 Å². The maximum absolute atomic E-state index is 12.4. The standard InChI is InChI=1S/C16H26F3N3O2.ClH/c17-16(18,19)11-22-10-12(9-14(22)23)15(24)21-8-7-20-13-5-3-1-2-4-6-13;/h12-13,20H,1-11H2,(H,21,24);1H. The highest BCUT2D eigenvalue weighted by Gasteiger charge is 2.40. The Kier molecular flexibility index (Phi) is 8.99. The Bertz CT molecular complexity index is 441. The van der Waals surface area contributed by atoms with Gasteiger partial charge in [-0.3, -0.25) is 9.59 Å². The summed E-state index contributed by atoms with van der Waals surface area (Å²) in [6.07, 6.45) is 2.74. The Labute approximate surface area is 152 Å². The number of carbonyl (C=O) groups excluding carboxylic acids is 2. The molecule has 2 aliphatic rings. The fraction of sp³-hybridized carbons (Fsp3) is 0.875. The van der Waals surface area contributed by atoms with E-state index in [1.54, 1.807) is 0 Å². The van der Waals surface area contributed by atoms with Crippen LogP contribution in [0, 0.1) is 5.92 Å². The lowest BCUT2D eigenvalue weighted by Crippen LogP contribution is -2.40. The van der Waals surface area contributed by atoms with Crippen LogP contribution in [0.2, 0.25) is 0 Å². The Morgan fingerprint density at radius 1 is 1.12 bits per heavy atom. The SMILES string of the molecule is Cl.O=C(NCCNC1CCCCCC1)C1CC(=O)N(CC(F)(F)F)C1. The quantitative estimate of drug-likeness (QED) is 0.544. The number of likely N-dealkylation sites (tertiary alicyclic amines) is 1. The smallest absolute Gasteiger partial charge is 0.355 e. The first-order chi connectivity index (χ1) is 11.3. The molecule has 25 heavy (non-hydrogen) atoms. The van der Waals surface area contributed by atoms with Crippen LogP contribution in [0.15, 0.2) is 0 Å². The van der Waals surface area contributed by atoms with E-state index in [1.807, 2.05) is 0 Å². The van der Waals surface area contributed by atoms with Gasteiger partial charge in [0.15, 0.2) is 0 Å². The van der Waals surface area contributed by atoms with Gasteiger partial charge in [0, 0.05) is 32.1 Å². The van der Waals surface area contributed by atoms with Crippen molar-refractivity contribution in [3.63, 3.8) is 0 Å². The van der Waals surface area contributed by atoms with Crippen LogP contribution in [-0.4, -0.2) is 55.1 Å². The second-order valence-electron chi connectivity index (χ2n) is 6.72. The van der Waals surface area contributed by atoms with E-state index in [0.717, 1.165) is 12.8 Å². The fourth-order valence-corrected chi connectivity index (χ4v) is 3.41. The second-order valence-corrected chi connectivity index (χ2v) is 6.72. The molecule has 2 fully saturated rings. The highest BCUT2D eigenvalue weighted by atomic mass is 35.5. The summed E-state index contributed by atoms with van der Waals surface area (Å²) < 4.78 is 37.1. The van der Waals surface area contributed by atoms with Gasteiger partial charge < -0.3 is 15.5 Å². The van der Waals surface area contributed by atoms with Crippen molar-refractivity contribution in [1.29, 1.82) is 0 Å². The molecule has 2 amide bonds. The number of amides is 2. The molecule has 1 saturated heterocycles. The molecular weight excluding hydrogens is 359 g/mol. The van der Waals surface area contributed by atoms with Crippen LogP contribution in [0.3, 0.4) is 0 Å². The highest BCUT2D eigenvalue weighted by Crippen LogP contribution is 2.23. The average molecular weight is 386 g/mol. The molecule has 1 unspecified atom stereocenters. The number of hydrogen-bond donors (Lipinski definition) is 2. The predicted octanol–water partition coefficient (Wildman–Crippen LogP) is 2.25. The predicted molar refractivity (Wildman–Crippen MR) is 90.5 cm³/mol. The largest absolute Gasteiger partial charge is 0.406 e. The van der Waals surface area contributed by atoms with Gasteiger partial charge >= 0.3 is 6.18 Å². The summed E-state index contributed by atoms with van der Waals surface area (Å²) in [5, 5.41) is 6.14. The third kappa shape index (κ3) is 7.81. The van der Waals surface area contributed by atoms with E-state index in [-0.39, 0.29) is 31.3 Å². The van der Waals surface area contributed by atoms with E-state index < -0.39 is 24.5 Å². The zero-order valence-electron chi connectivity index (χ0n) is 14.2. The van der Waals surface area contributed by atoms with Crippen molar-refractivity contribution in [3.05, 3.63) is 0 Å². The number of nitrogens with zero attached hydrogens (tertiary/aromatic N) is 1. The Morgan fingerprint density at radius 3 is 2.36 bits per heavy atom. The minimum absolute atomic E-state index is 0. The molecule has 0 radical (unpaired) electrons. The fourth-order valence-electron chi connectivity index (χ4n) is 3.41. The summed E-state index contributed by atoms with van der Waals surface area (Å²) in [4.78, 5) is 24.3. The van der Waals surface area contributed by atoms with Crippen LogP contribution in [0.5, 0.6) is 0 Å². The molecule has 146 valence electrons. The van der Waals surface area contributed by atoms with Crippen molar-refractivity contribution < 1.29 is 22.8 Å². The van der Waals surface area contributed by atoms with Crippen molar-refractivity contribution >= 4 is 24.2 Å². The van der Waals surface area contributed by atoms with Crippen LogP contribution in [0.1, 0.15) is 44.9 Å². The lowest BCUT2D eigenvalue weighted by atomic mass is 10.1. The molecule has 1 aliphatic carbocycles. The van der Waals surface area contributed by atoms with E-state index in [2.05, 4.69) is 10.6 Å². The van der Waals surface area contributed by atoms with E-state index in [4.69, 9.17) is 0 Å². The average Bonchev–Trinajstić information content (AvgIpc) is 2.72. The van der Waals surface area contributed by atoms with E-state index in [9.17, 15) is 22.8 Å². The van der Waals surface area contributed by atoms with Gasteiger partial charge in [-0.15, -0.1) is 12.4 Å². The molecule has 5 nitrogen and oxygen atoms in total. The highest BCUT2D eigenvalue weighted by molar-refractivity contribution is 5.89. The molecule has 9 heteroatoms. The van der Waals surface area contributed by atoms with E-state index >= 15 is 0 Å². The van der Waals surface area contributed by atoms with Crippen LogP contribution in [0.25, 0.3) is 0 Å². The summed E-state index contributed by atoms with van der Waals surface area (Å²) in [6, 6.07) is 0.486. The lowest BCUT2D eigenvalue weighted by molar-refractivity contribution is -0.157. The Hall–Kier alpha value is -1.02. The molecule has 0 aromatic heterocycles. The molecular formula is C16H27ClF3N3O2. The number of alkyl halides is 3. The Balaban J connectivity index is 0.00000312. The molecule has 1 atom stereocenters. The van der Waals surface area contributed by atoms with E-state index in [1.165, 1.54) is 25.7 Å². The minimum atomic E-state index is -4.43. The number of hydrogen-bond acceptors (Lipinski definition) is 3. The molecule has 2 rings (SSSR count). The maximum Gasteiger partial charge on any atom is 0.406 e. The third-order valence-electron chi connectivity index (χ3n) is 4.67. The van der Waals surface area contributed by atoms with Crippen LogP contribution in [0.4, 0.5) is 13.2 Å². The topological polar surface area (TPSA) is 61.4 Å². The van der Waals surface area contributed by atoms with Gasteiger partial charge in [-0.05, 0) is 12.8 Å². The molecule has 1 aliphatic heterocycles. The van der Waals surface area contributed by atoms with Gasteiger partial charge in [0.05, 0.1) is 5.92 Å². The van der Waals surface area contributed by atoms with Crippen LogP contribution in [-0.2, 0) is 9.59 Å². The normalized spacial score (nSPS) is 22.4. The van der Waals surface area contributed by atoms with Crippen molar-refractivity contribution in [2.45, 2.75) is 57.2 Å². The number of rotatable bonds is 6. The maximum atomic E-state index is 12.4. The zero-order valence-corrected chi connectivity index (χ0v) is 15.1. The molecule has 0 aromatic carbocycles. The van der Waals surface area contributed by atoms with Gasteiger partial charge in [0.25, 0.3) is 0 Å². The molecule has 0 aromatic rings. The minimum Gasteiger partial charge on any atom is -0.355 e. The lowest BCUT2D eigenvalue weighted by Gasteiger charge is -2.19. The number of nitrogens with one attached hydrogen (secondary N) is 2.